The first-order valence-corrected chi connectivity index (χ1v) is 8.74. The number of halogens is 1. The Labute approximate surface area is 160 Å². The number of benzene rings is 2. The standard InChI is InChI=1S/C19H18ClN5O2/c1-19(2,11-5-4-6-12(9-11)26-3)17-24-25-18(27-17)22-15-8-7-14-13(16(15)20)10-21-23-14/h4-10H,1-3H3,(H,21,23)(H,22,25). The van der Waals surface area contributed by atoms with Crippen LogP contribution in [0.1, 0.15) is 25.3 Å². The van der Waals surface area contributed by atoms with Crippen molar-refractivity contribution in [1.82, 2.24) is 20.4 Å². The summed E-state index contributed by atoms with van der Waals surface area (Å²) < 4.78 is 11.2. The highest BCUT2D eigenvalue weighted by molar-refractivity contribution is 6.38. The molecular formula is C19H18ClN5O2. The van der Waals surface area contributed by atoms with Gasteiger partial charge in [0.2, 0.25) is 5.89 Å². The van der Waals surface area contributed by atoms with E-state index in [0.29, 0.717) is 16.6 Å². The third-order valence-electron chi connectivity index (χ3n) is 4.55. The van der Waals surface area contributed by atoms with Crippen LogP contribution in [0, 0.1) is 0 Å². The van der Waals surface area contributed by atoms with Crippen LogP contribution < -0.4 is 10.1 Å². The van der Waals surface area contributed by atoms with E-state index in [2.05, 4.69) is 25.7 Å². The fourth-order valence-corrected chi connectivity index (χ4v) is 3.12. The number of nitrogens with one attached hydrogen (secondary N) is 2. The molecule has 138 valence electrons. The first-order chi connectivity index (χ1) is 13.0. The SMILES string of the molecule is COc1cccc(C(C)(C)c2nnc(Nc3ccc4[nH]ncc4c3Cl)o2)c1. The first kappa shape index (κ1) is 17.4. The summed E-state index contributed by atoms with van der Waals surface area (Å²) in [5, 5.41) is 19.6. The molecule has 27 heavy (non-hydrogen) atoms. The minimum absolute atomic E-state index is 0.269. The lowest BCUT2D eigenvalue weighted by molar-refractivity contribution is 0.405. The van der Waals surface area contributed by atoms with Gasteiger partial charge in [-0.3, -0.25) is 5.10 Å². The van der Waals surface area contributed by atoms with E-state index in [-0.39, 0.29) is 6.01 Å². The van der Waals surface area contributed by atoms with Gasteiger partial charge in [-0.15, -0.1) is 5.10 Å². The second kappa shape index (κ2) is 6.59. The lowest BCUT2D eigenvalue weighted by Crippen LogP contribution is -2.19. The molecule has 8 heteroatoms. The smallest absolute Gasteiger partial charge is 0.320 e. The van der Waals surface area contributed by atoms with Gasteiger partial charge in [-0.2, -0.15) is 5.10 Å². The van der Waals surface area contributed by atoms with Crippen molar-refractivity contribution < 1.29 is 9.15 Å². The summed E-state index contributed by atoms with van der Waals surface area (Å²) in [7, 11) is 1.64. The summed E-state index contributed by atoms with van der Waals surface area (Å²) in [4.78, 5) is 0. The molecular weight excluding hydrogens is 366 g/mol. The Bertz CT molecular complexity index is 1100. The van der Waals surface area contributed by atoms with Crippen LogP contribution in [-0.2, 0) is 5.41 Å². The normalized spacial score (nSPS) is 11.7. The predicted octanol–water partition coefficient (Wildman–Crippen LogP) is 4.68. The van der Waals surface area contributed by atoms with Gasteiger partial charge < -0.3 is 14.5 Å². The van der Waals surface area contributed by atoms with E-state index in [9.17, 15) is 0 Å². The van der Waals surface area contributed by atoms with Crippen LogP contribution in [0.15, 0.2) is 47.0 Å². The first-order valence-electron chi connectivity index (χ1n) is 8.36. The molecule has 0 saturated carbocycles. The number of H-pyrrole nitrogens is 1. The number of methoxy groups -OCH3 is 1. The Morgan fingerprint density at radius 3 is 2.85 bits per heavy atom. The van der Waals surface area contributed by atoms with Crippen molar-refractivity contribution in [2.45, 2.75) is 19.3 Å². The number of aromatic amines is 1. The molecule has 0 radical (unpaired) electrons. The molecule has 0 aliphatic rings. The average Bonchev–Trinajstić information content (AvgIpc) is 3.34. The maximum Gasteiger partial charge on any atom is 0.320 e. The number of anilines is 2. The maximum atomic E-state index is 6.43. The predicted molar refractivity (Wildman–Crippen MR) is 104 cm³/mol. The largest absolute Gasteiger partial charge is 0.497 e. The fourth-order valence-electron chi connectivity index (χ4n) is 2.86. The number of fused-ring (bicyclic) bond motifs is 1. The topological polar surface area (TPSA) is 88.9 Å². The highest BCUT2D eigenvalue weighted by Crippen LogP contribution is 2.35. The molecule has 4 aromatic rings. The lowest BCUT2D eigenvalue weighted by Gasteiger charge is -2.21. The summed E-state index contributed by atoms with van der Waals surface area (Å²) in [5.41, 5.74) is 2.05. The van der Waals surface area contributed by atoms with Gasteiger partial charge in [-0.05, 0) is 43.7 Å². The summed E-state index contributed by atoms with van der Waals surface area (Å²) in [5.74, 6) is 1.26. The van der Waals surface area contributed by atoms with Crippen LogP contribution in [0.25, 0.3) is 10.9 Å². The minimum Gasteiger partial charge on any atom is -0.497 e. The van der Waals surface area contributed by atoms with Gasteiger partial charge in [-0.1, -0.05) is 28.8 Å². The van der Waals surface area contributed by atoms with E-state index < -0.39 is 5.41 Å². The Hall–Kier alpha value is -3.06. The summed E-state index contributed by atoms with van der Waals surface area (Å²) in [6.45, 7) is 4.03. The van der Waals surface area contributed by atoms with Crippen LogP contribution in [0.5, 0.6) is 5.75 Å². The number of hydrogen-bond donors (Lipinski definition) is 2. The molecule has 0 amide bonds. The lowest BCUT2D eigenvalue weighted by atomic mass is 9.84. The van der Waals surface area contributed by atoms with E-state index in [1.807, 2.05) is 50.2 Å². The van der Waals surface area contributed by atoms with E-state index in [4.69, 9.17) is 20.8 Å². The molecule has 0 aliphatic carbocycles. The van der Waals surface area contributed by atoms with E-state index in [1.165, 1.54) is 0 Å². The van der Waals surface area contributed by atoms with Crippen LogP contribution in [0.2, 0.25) is 5.02 Å². The van der Waals surface area contributed by atoms with Crippen molar-refractivity contribution in [2.75, 3.05) is 12.4 Å². The maximum absolute atomic E-state index is 6.43. The van der Waals surface area contributed by atoms with Crippen molar-refractivity contribution in [3.05, 3.63) is 59.1 Å². The molecule has 0 aliphatic heterocycles. The van der Waals surface area contributed by atoms with Crippen LogP contribution in [0.4, 0.5) is 11.7 Å². The van der Waals surface area contributed by atoms with Crippen molar-refractivity contribution >= 4 is 34.2 Å². The summed E-state index contributed by atoms with van der Waals surface area (Å²) in [6.07, 6.45) is 1.67. The number of aromatic nitrogens is 4. The molecule has 0 atom stereocenters. The fraction of sp³-hybridized carbons (Fsp3) is 0.211. The molecule has 0 spiro atoms. The highest BCUT2D eigenvalue weighted by Gasteiger charge is 2.30. The summed E-state index contributed by atoms with van der Waals surface area (Å²) >= 11 is 6.43. The molecule has 0 saturated heterocycles. The zero-order valence-electron chi connectivity index (χ0n) is 15.1. The van der Waals surface area contributed by atoms with Crippen molar-refractivity contribution in [3.8, 4) is 5.75 Å². The number of hydrogen-bond acceptors (Lipinski definition) is 6. The van der Waals surface area contributed by atoms with Crippen LogP contribution >= 0.6 is 11.6 Å². The minimum atomic E-state index is -0.486. The van der Waals surface area contributed by atoms with E-state index in [1.54, 1.807) is 13.3 Å². The molecule has 2 N–H and O–H groups in total. The van der Waals surface area contributed by atoms with Crippen LogP contribution in [0.3, 0.4) is 0 Å². The number of rotatable bonds is 5. The molecule has 0 fully saturated rings. The second-order valence-electron chi connectivity index (χ2n) is 6.65. The zero-order chi connectivity index (χ0) is 19.0. The van der Waals surface area contributed by atoms with Gasteiger partial charge >= 0.3 is 6.01 Å². The number of nitrogens with zero attached hydrogens (tertiary/aromatic N) is 3. The van der Waals surface area contributed by atoms with Gasteiger partial charge in [0, 0.05) is 5.39 Å². The monoisotopic (exact) mass is 383 g/mol. The van der Waals surface area contributed by atoms with E-state index in [0.717, 1.165) is 22.2 Å². The zero-order valence-corrected chi connectivity index (χ0v) is 15.8. The van der Waals surface area contributed by atoms with E-state index >= 15 is 0 Å². The average molecular weight is 384 g/mol. The molecule has 7 nitrogen and oxygen atoms in total. The third kappa shape index (κ3) is 3.10. The number of ether oxygens (including phenoxy) is 1. The Balaban J connectivity index is 1.63. The van der Waals surface area contributed by atoms with Gasteiger partial charge in [0.15, 0.2) is 0 Å². The molecule has 2 aromatic carbocycles. The van der Waals surface area contributed by atoms with Crippen molar-refractivity contribution in [3.63, 3.8) is 0 Å². The van der Waals surface area contributed by atoms with Crippen molar-refractivity contribution in [2.24, 2.45) is 0 Å². The highest BCUT2D eigenvalue weighted by atomic mass is 35.5. The third-order valence-corrected chi connectivity index (χ3v) is 4.96. The van der Waals surface area contributed by atoms with Gasteiger partial charge in [0.25, 0.3) is 0 Å². The summed E-state index contributed by atoms with van der Waals surface area (Å²) in [6, 6.07) is 11.8. The van der Waals surface area contributed by atoms with Gasteiger partial charge in [-0.25, -0.2) is 0 Å². The quantitative estimate of drug-likeness (QED) is 0.520. The second-order valence-corrected chi connectivity index (χ2v) is 7.03. The molecule has 4 rings (SSSR count). The Morgan fingerprint density at radius 2 is 2.04 bits per heavy atom. The van der Waals surface area contributed by atoms with Crippen LogP contribution in [-0.4, -0.2) is 27.5 Å². The molecule has 2 heterocycles. The van der Waals surface area contributed by atoms with Gasteiger partial charge in [0.1, 0.15) is 5.75 Å². The molecule has 0 unspecified atom stereocenters. The van der Waals surface area contributed by atoms with Crippen molar-refractivity contribution in [1.29, 1.82) is 0 Å². The van der Waals surface area contributed by atoms with Gasteiger partial charge in [0.05, 0.1) is 34.9 Å². The molecule has 2 aromatic heterocycles. The Morgan fingerprint density at radius 1 is 1.19 bits per heavy atom. The molecule has 0 bridgehead atoms. The Kier molecular flexibility index (Phi) is 4.24.